The molecule has 1 aromatic carbocycles. The van der Waals surface area contributed by atoms with Crippen LogP contribution in [0, 0.1) is 0 Å². The predicted octanol–water partition coefficient (Wildman–Crippen LogP) is 1.93. The lowest BCUT2D eigenvalue weighted by molar-refractivity contribution is 0.183. The van der Waals surface area contributed by atoms with Crippen molar-refractivity contribution in [2.45, 2.75) is 38.3 Å². The Morgan fingerprint density at radius 1 is 1.35 bits per heavy atom. The molecule has 0 saturated heterocycles. The summed E-state index contributed by atoms with van der Waals surface area (Å²) in [5.41, 5.74) is 1.14. The lowest BCUT2D eigenvalue weighted by atomic mass is 10.1. The Morgan fingerprint density at radius 2 is 2.05 bits per heavy atom. The highest BCUT2D eigenvalue weighted by atomic mass is 127. The summed E-state index contributed by atoms with van der Waals surface area (Å²) in [4.78, 5) is 4.43. The van der Waals surface area contributed by atoms with E-state index in [2.05, 4.69) is 15.6 Å². The normalized spacial score (nSPS) is 16.2. The summed E-state index contributed by atoms with van der Waals surface area (Å²) >= 11 is 0. The lowest BCUT2D eigenvalue weighted by Crippen LogP contribution is -2.39. The van der Waals surface area contributed by atoms with Gasteiger partial charge in [0.1, 0.15) is 0 Å². The van der Waals surface area contributed by atoms with Crippen molar-refractivity contribution in [1.29, 1.82) is 0 Å². The first-order valence-corrected chi connectivity index (χ1v) is 7.04. The van der Waals surface area contributed by atoms with Crippen LogP contribution in [0.5, 0.6) is 0 Å². The van der Waals surface area contributed by atoms with Crippen molar-refractivity contribution in [2.24, 2.45) is 4.99 Å². The smallest absolute Gasteiger partial charge is 0.191 e. The Balaban J connectivity index is 0.00000200. The molecule has 112 valence electrons. The Hall–Kier alpha value is -0.820. The summed E-state index contributed by atoms with van der Waals surface area (Å²) in [5.74, 6) is 0.817. The van der Waals surface area contributed by atoms with Crippen molar-refractivity contribution in [3.05, 3.63) is 35.9 Å². The zero-order valence-corrected chi connectivity index (χ0v) is 14.2. The van der Waals surface area contributed by atoms with Gasteiger partial charge >= 0.3 is 0 Å². The quantitative estimate of drug-likeness (QED) is 0.396. The largest absolute Gasteiger partial charge is 0.391 e. The molecule has 4 nitrogen and oxygen atoms in total. The number of rotatable bonds is 6. The third kappa shape index (κ3) is 6.56. The monoisotopic (exact) mass is 389 g/mol. The van der Waals surface area contributed by atoms with Crippen LogP contribution in [-0.4, -0.2) is 36.3 Å². The molecule has 1 aliphatic carbocycles. The Bertz CT molecular complexity index is 407. The van der Waals surface area contributed by atoms with E-state index in [1.807, 2.05) is 37.3 Å². The van der Waals surface area contributed by atoms with Gasteiger partial charge in [0.05, 0.1) is 12.6 Å². The highest BCUT2D eigenvalue weighted by molar-refractivity contribution is 14.0. The van der Waals surface area contributed by atoms with Gasteiger partial charge in [-0.15, -0.1) is 24.0 Å². The zero-order chi connectivity index (χ0) is 13.5. The number of aliphatic hydroxyl groups excluding tert-OH is 1. The standard InChI is InChI=1S/C15H23N3O.HI/c1-2-16-15(18-13-8-9-13)17-11-14(19)10-12-6-4-3-5-7-12;/h3-7,13-14,19H,2,8-11H2,1H3,(H2,16,17,18);1H. The van der Waals surface area contributed by atoms with Crippen LogP contribution in [0.1, 0.15) is 25.3 Å². The lowest BCUT2D eigenvalue weighted by Gasteiger charge is -2.12. The van der Waals surface area contributed by atoms with E-state index in [0.29, 0.717) is 19.0 Å². The molecular weight excluding hydrogens is 365 g/mol. The highest BCUT2D eigenvalue weighted by Crippen LogP contribution is 2.18. The van der Waals surface area contributed by atoms with E-state index in [9.17, 15) is 5.11 Å². The van der Waals surface area contributed by atoms with Crippen LogP contribution in [0.15, 0.2) is 35.3 Å². The maximum atomic E-state index is 10.0. The summed E-state index contributed by atoms with van der Waals surface area (Å²) in [6, 6.07) is 10.6. The fourth-order valence-corrected chi connectivity index (χ4v) is 1.89. The molecule has 1 atom stereocenters. The first-order chi connectivity index (χ1) is 9.28. The second-order valence-electron chi connectivity index (χ2n) is 4.98. The van der Waals surface area contributed by atoms with Crippen molar-refractivity contribution in [2.75, 3.05) is 13.1 Å². The molecule has 0 bridgehead atoms. The Labute approximate surface area is 138 Å². The summed E-state index contributed by atoms with van der Waals surface area (Å²) in [7, 11) is 0. The Kier molecular flexibility index (Phi) is 7.91. The molecule has 0 aliphatic heterocycles. The molecular formula is C15H24IN3O. The second kappa shape index (κ2) is 9.18. The van der Waals surface area contributed by atoms with E-state index in [1.54, 1.807) is 0 Å². The minimum Gasteiger partial charge on any atom is -0.391 e. The van der Waals surface area contributed by atoms with Gasteiger partial charge in [0.15, 0.2) is 5.96 Å². The van der Waals surface area contributed by atoms with E-state index in [1.165, 1.54) is 12.8 Å². The molecule has 0 aromatic heterocycles. The third-order valence-corrected chi connectivity index (χ3v) is 3.04. The van der Waals surface area contributed by atoms with Gasteiger partial charge < -0.3 is 15.7 Å². The molecule has 3 N–H and O–H groups in total. The van der Waals surface area contributed by atoms with Crippen LogP contribution in [0.2, 0.25) is 0 Å². The predicted molar refractivity (Wildman–Crippen MR) is 93.7 cm³/mol. The van der Waals surface area contributed by atoms with Crippen molar-refractivity contribution in [3.63, 3.8) is 0 Å². The third-order valence-electron chi connectivity index (χ3n) is 3.04. The first-order valence-electron chi connectivity index (χ1n) is 7.04. The molecule has 0 radical (unpaired) electrons. The molecule has 0 amide bonds. The van der Waals surface area contributed by atoms with Crippen molar-refractivity contribution >= 4 is 29.9 Å². The number of aliphatic imine (C=N–C) groups is 1. The van der Waals surface area contributed by atoms with Gasteiger partial charge in [-0.3, -0.25) is 4.99 Å². The number of nitrogens with one attached hydrogen (secondary N) is 2. The summed E-state index contributed by atoms with van der Waals surface area (Å²) in [5, 5.41) is 16.5. The van der Waals surface area contributed by atoms with Crippen molar-refractivity contribution < 1.29 is 5.11 Å². The summed E-state index contributed by atoms with van der Waals surface area (Å²) in [6.45, 7) is 3.31. The first kappa shape index (κ1) is 17.2. The number of aliphatic hydroxyl groups is 1. The van der Waals surface area contributed by atoms with Crippen LogP contribution in [0.25, 0.3) is 0 Å². The average Bonchev–Trinajstić information content (AvgIpc) is 3.21. The van der Waals surface area contributed by atoms with Gasteiger partial charge in [0.2, 0.25) is 0 Å². The van der Waals surface area contributed by atoms with Crippen LogP contribution in [-0.2, 0) is 6.42 Å². The number of guanidine groups is 1. The van der Waals surface area contributed by atoms with E-state index < -0.39 is 6.10 Å². The number of halogens is 1. The minimum atomic E-state index is -0.433. The SMILES string of the molecule is CCNC(=NCC(O)Cc1ccccc1)NC1CC1.I. The summed E-state index contributed by atoms with van der Waals surface area (Å²) < 4.78 is 0. The van der Waals surface area contributed by atoms with Crippen LogP contribution in [0.3, 0.4) is 0 Å². The number of hydrogen-bond donors (Lipinski definition) is 3. The van der Waals surface area contributed by atoms with Gasteiger partial charge in [-0.2, -0.15) is 0 Å². The van der Waals surface area contributed by atoms with Gasteiger partial charge in [-0.1, -0.05) is 30.3 Å². The molecule has 1 saturated carbocycles. The van der Waals surface area contributed by atoms with E-state index in [4.69, 9.17) is 0 Å². The molecule has 20 heavy (non-hydrogen) atoms. The number of hydrogen-bond acceptors (Lipinski definition) is 2. The summed E-state index contributed by atoms with van der Waals surface area (Å²) in [6.07, 6.45) is 2.65. The van der Waals surface area contributed by atoms with Gasteiger partial charge in [0, 0.05) is 19.0 Å². The molecule has 1 aliphatic rings. The average molecular weight is 389 g/mol. The topological polar surface area (TPSA) is 56.7 Å². The van der Waals surface area contributed by atoms with E-state index in [0.717, 1.165) is 18.1 Å². The highest BCUT2D eigenvalue weighted by Gasteiger charge is 2.22. The van der Waals surface area contributed by atoms with Gasteiger partial charge in [-0.25, -0.2) is 0 Å². The fraction of sp³-hybridized carbons (Fsp3) is 0.533. The van der Waals surface area contributed by atoms with Crippen LogP contribution in [0.4, 0.5) is 0 Å². The molecule has 0 spiro atoms. The minimum absolute atomic E-state index is 0. The molecule has 1 fully saturated rings. The molecule has 5 heteroatoms. The van der Waals surface area contributed by atoms with Crippen LogP contribution >= 0.6 is 24.0 Å². The van der Waals surface area contributed by atoms with Gasteiger partial charge in [0.25, 0.3) is 0 Å². The van der Waals surface area contributed by atoms with Gasteiger partial charge in [-0.05, 0) is 25.3 Å². The Morgan fingerprint density at radius 3 is 2.65 bits per heavy atom. The van der Waals surface area contributed by atoms with Crippen LogP contribution < -0.4 is 10.6 Å². The molecule has 1 aromatic rings. The van der Waals surface area contributed by atoms with E-state index in [-0.39, 0.29) is 24.0 Å². The van der Waals surface area contributed by atoms with E-state index >= 15 is 0 Å². The molecule has 1 unspecified atom stereocenters. The zero-order valence-electron chi connectivity index (χ0n) is 11.9. The number of benzene rings is 1. The fourth-order valence-electron chi connectivity index (χ4n) is 1.89. The van der Waals surface area contributed by atoms with Crippen molar-refractivity contribution in [1.82, 2.24) is 10.6 Å². The number of nitrogens with zero attached hydrogens (tertiary/aromatic N) is 1. The van der Waals surface area contributed by atoms with Crippen molar-refractivity contribution in [3.8, 4) is 0 Å². The second-order valence-corrected chi connectivity index (χ2v) is 4.98. The maximum absolute atomic E-state index is 10.0. The molecule has 2 rings (SSSR count). The maximum Gasteiger partial charge on any atom is 0.191 e. The molecule has 0 heterocycles.